The fraction of sp³-hybridized carbons (Fsp3) is 0.300. The average Bonchev–Trinajstić information content (AvgIpc) is 2.78. The van der Waals surface area contributed by atoms with Crippen LogP contribution >= 0.6 is 0 Å². The van der Waals surface area contributed by atoms with E-state index >= 15 is 0 Å². The van der Waals surface area contributed by atoms with Gasteiger partial charge in [-0.3, -0.25) is 14.5 Å². The van der Waals surface area contributed by atoms with Crippen LogP contribution in [0, 0.1) is 0 Å². The number of aryl methyl sites for hydroxylation is 1. The predicted molar refractivity (Wildman–Crippen MR) is 94.6 cm³/mol. The zero-order chi connectivity index (χ0) is 16.9. The van der Waals surface area contributed by atoms with Crippen LogP contribution in [-0.4, -0.2) is 17.9 Å². The number of hydrogen-bond acceptors (Lipinski definition) is 2. The van der Waals surface area contributed by atoms with Gasteiger partial charge in [0.25, 0.3) is 0 Å². The summed E-state index contributed by atoms with van der Waals surface area (Å²) in [6.45, 7) is 2.26. The van der Waals surface area contributed by atoms with Crippen molar-refractivity contribution in [3.8, 4) is 0 Å². The Labute approximate surface area is 142 Å². The molecule has 3 rings (SSSR count). The van der Waals surface area contributed by atoms with Gasteiger partial charge in [0.05, 0.1) is 0 Å². The fourth-order valence-electron chi connectivity index (χ4n) is 3.12. The van der Waals surface area contributed by atoms with Gasteiger partial charge in [0.2, 0.25) is 11.8 Å². The highest BCUT2D eigenvalue weighted by Crippen LogP contribution is 2.28. The van der Waals surface area contributed by atoms with Gasteiger partial charge in [0, 0.05) is 18.7 Å². The zero-order valence-electron chi connectivity index (χ0n) is 13.9. The molecular weight excluding hydrogens is 300 g/mol. The van der Waals surface area contributed by atoms with E-state index < -0.39 is 6.04 Å². The van der Waals surface area contributed by atoms with Crippen molar-refractivity contribution in [2.75, 3.05) is 4.90 Å². The summed E-state index contributed by atoms with van der Waals surface area (Å²) in [5.41, 5.74) is 3.04. The Balaban J connectivity index is 1.76. The standard InChI is InChI=1S/C20H22N2O2/c1-15(20(24)21-14-16-8-3-2-4-9-16)22-18-12-6-5-10-17(18)11-7-13-19(22)23/h2-6,8-10,12,15H,7,11,13-14H2,1H3,(H,21,24). The highest BCUT2D eigenvalue weighted by molar-refractivity contribution is 6.01. The third kappa shape index (κ3) is 3.48. The minimum Gasteiger partial charge on any atom is -0.350 e. The van der Waals surface area contributed by atoms with Crippen LogP contribution in [0.1, 0.15) is 30.9 Å². The summed E-state index contributed by atoms with van der Waals surface area (Å²) < 4.78 is 0. The lowest BCUT2D eigenvalue weighted by atomic mass is 10.1. The van der Waals surface area contributed by atoms with E-state index in [1.54, 1.807) is 11.8 Å². The predicted octanol–water partition coefficient (Wildman–Crippen LogP) is 3.06. The minimum absolute atomic E-state index is 0.0160. The number of benzene rings is 2. The van der Waals surface area contributed by atoms with Crippen LogP contribution in [0.25, 0.3) is 0 Å². The van der Waals surface area contributed by atoms with Crippen molar-refractivity contribution < 1.29 is 9.59 Å². The summed E-state index contributed by atoms with van der Waals surface area (Å²) in [6, 6.07) is 17.1. The number of anilines is 1. The fourth-order valence-corrected chi connectivity index (χ4v) is 3.12. The first-order valence-corrected chi connectivity index (χ1v) is 8.38. The second-order valence-electron chi connectivity index (χ2n) is 6.13. The minimum atomic E-state index is -0.527. The largest absolute Gasteiger partial charge is 0.350 e. The maximum absolute atomic E-state index is 12.6. The smallest absolute Gasteiger partial charge is 0.243 e. The van der Waals surface area contributed by atoms with Crippen molar-refractivity contribution in [3.63, 3.8) is 0 Å². The molecule has 0 bridgehead atoms. The molecule has 124 valence electrons. The summed E-state index contributed by atoms with van der Waals surface area (Å²) in [6.07, 6.45) is 2.17. The monoisotopic (exact) mass is 322 g/mol. The summed E-state index contributed by atoms with van der Waals surface area (Å²) in [5.74, 6) is -0.119. The molecule has 0 aromatic heterocycles. The van der Waals surface area contributed by atoms with Gasteiger partial charge in [-0.05, 0) is 37.0 Å². The van der Waals surface area contributed by atoms with E-state index in [1.165, 1.54) is 0 Å². The molecule has 0 spiro atoms. The maximum Gasteiger partial charge on any atom is 0.243 e. The van der Waals surface area contributed by atoms with Crippen molar-refractivity contribution >= 4 is 17.5 Å². The molecule has 0 aliphatic carbocycles. The van der Waals surface area contributed by atoms with Gasteiger partial charge in [-0.1, -0.05) is 48.5 Å². The molecule has 1 heterocycles. The van der Waals surface area contributed by atoms with Crippen LogP contribution in [0.2, 0.25) is 0 Å². The molecule has 1 aliphatic rings. The van der Waals surface area contributed by atoms with Crippen LogP contribution < -0.4 is 10.2 Å². The molecule has 2 aromatic rings. The van der Waals surface area contributed by atoms with E-state index in [0.717, 1.165) is 29.7 Å². The van der Waals surface area contributed by atoms with Crippen LogP contribution in [0.15, 0.2) is 54.6 Å². The lowest BCUT2D eigenvalue weighted by Crippen LogP contribution is -2.48. The van der Waals surface area contributed by atoms with E-state index in [4.69, 9.17) is 0 Å². The van der Waals surface area contributed by atoms with Crippen molar-refractivity contribution in [2.24, 2.45) is 0 Å². The van der Waals surface area contributed by atoms with E-state index in [2.05, 4.69) is 5.32 Å². The Morgan fingerprint density at radius 1 is 1.08 bits per heavy atom. The van der Waals surface area contributed by atoms with Crippen LogP contribution in [0.3, 0.4) is 0 Å². The maximum atomic E-state index is 12.6. The van der Waals surface area contributed by atoms with Gasteiger partial charge in [-0.25, -0.2) is 0 Å². The van der Waals surface area contributed by atoms with Gasteiger partial charge in [-0.15, -0.1) is 0 Å². The van der Waals surface area contributed by atoms with Crippen LogP contribution in [0.4, 0.5) is 5.69 Å². The molecule has 1 unspecified atom stereocenters. The second-order valence-corrected chi connectivity index (χ2v) is 6.13. The van der Waals surface area contributed by atoms with E-state index in [0.29, 0.717) is 13.0 Å². The summed E-state index contributed by atoms with van der Waals surface area (Å²) in [7, 11) is 0. The SMILES string of the molecule is CC(C(=O)NCc1ccccc1)N1C(=O)CCCc2ccccc21. The molecule has 0 saturated carbocycles. The van der Waals surface area contributed by atoms with Gasteiger partial charge >= 0.3 is 0 Å². The molecule has 1 aliphatic heterocycles. The lowest BCUT2D eigenvalue weighted by Gasteiger charge is -2.28. The molecule has 2 amide bonds. The Morgan fingerprint density at radius 2 is 1.79 bits per heavy atom. The Bertz CT molecular complexity index is 727. The first-order chi connectivity index (χ1) is 11.7. The molecule has 0 radical (unpaired) electrons. The molecule has 4 nitrogen and oxygen atoms in total. The van der Waals surface area contributed by atoms with Crippen molar-refractivity contribution in [1.82, 2.24) is 5.32 Å². The highest BCUT2D eigenvalue weighted by atomic mass is 16.2. The first kappa shape index (κ1) is 16.2. The normalized spacial score (nSPS) is 15.4. The molecule has 1 N–H and O–H groups in total. The third-order valence-electron chi connectivity index (χ3n) is 4.43. The molecule has 0 fully saturated rings. The average molecular weight is 322 g/mol. The molecule has 1 atom stereocenters. The summed E-state index contributed by atoms with van der Waals surface area (Å²) in [5, 5.41) is 2.93. The quantitative estimate of drug-likeness (QED) is 0.940. The number of carbonyl (C=O) groups is 2. The van der Waals surface area contributed by atoms with Gasteiger partial charge in [0.15, 0.2) is 0 Å². The molecule has 2 aromatic carbocycles. The third-order valence-corrected chi connectivity index (χ3v) is 4.43. The number of nitrogens with zero attached hydrogens (tertiary/aromatic N) is 1. The number of nitrogens with one attached hydrogen (secondary N) is 1. The number of carbonyl (C=O) groups excluding carboxylic acids is 2. The van der Waals surface area contributed by atoms with E-state index in [1.807, 2.05) is 54.6 Å². The number of para-hydroxylation sites is 1. The number of rotatable bonds is 4. The van der Waals surface area contributed by atoms with E-state index in [9.17, 15) is 9.59 Å². The first-order valence-electron chi connectivity index (χ1n) is 8.38. The topological polar surface area (TPSA) is 49.4 Å². The molecule has 24 heavy (non-hydrogen) atoms. The number of fused-ring (bicyclic) bond motifs is 1. The summed E-state index contributed by atoms with van der Waals surface area (Å²) >= 11 is 0. The Kier molecular flexibility index (Phi) is 4.94. The lowest BCUT2D eigenvalue weighted by molar-refractivity contribution is -0.126. The molecule has 4 heteroatoms. The number of amides is 2. The van der Waals surface area contributed by atoms with Crippen LogP contribution in [-0.2, 0) is 22.6 Å². The van der Waals surface area contributed by atoms with E-state index in [-0.39, 0.29) is 11.8 Å². The van der Waals surface area contributed by atoms with Crippen molar-refractivity contribution in [2.45, 2.75) is 38.8 Å². The molecule has 0 saturated heterocycles. The van der Waals surface area contributed by atoms with Crippen molar-refractivity contribution in [1.29, 1.82) is 0 Å². The van der Waals surface area contributed by atoms with Crippen molar-refractivity contribution in [3.05, 3.63) is 65.7 Å². The highest BCUT2D eigenvalue weighted by Gasteiger charge is 2.30. The second kappa shape index (κ2) is 7.30. The van der Waals surface area contributed by atoms with Gasteiger partial charge < -0.3 is 5.32 Å². The Morgan fingerprint density at radius 3 is 2.58 bits per heavy atom. The van der Waals surface area contributed by atoms with Gasteiger partial charge in [-0.2, -0.15) is 0 Å². The van der Waals surface area contributed by atoms with Crippen LogP contribution in [0.5, 0.6) is 0 Å². The zero-order valence-corrected chi connectivity index (χ0v) is 13.9. The summed E-state index contributed by atoms with van der Waals surface area (Å²) in [4.78, 5) is 26.8. The Hall–Kier alpha value is -2.62. The van der Waals surface area contributed by atoms with Gasteiger partial charge in [0.1, 0.15) is 6.04 Å². The number of hydrogen-bond donors (Lipinski definition) is 1. The molecular formula is C20H22N2O2.